The van der Waals surface area contributed by atoms with E-state index in [0.29, 0.717) is 32.5 Å². The summed E-state index contributed by atoms with van der Waals surface area (Å²) in [6.07, 6.45) is 1.77. The predicted molar refractivity (Wildman–Crippen MR) is 49.2 cm³/mol. The molecule has 0 saturated carbocycles. The first-order valence-corrected chi connectivity index (χ1v) is 6.29. The second-order valence-electron chi connectivity index (χ2n) is 3.89. The van der Waals surface area contributed by atoms with E-state index in [1.54, 1.807) is 0 Å². The largest absolute Gasteiger partial charge is 0.381 e. The van der Waals surface area contributed by atoms with E-state index in [-0.39, 0.29) is 11.8 Å². The van der Waals surface area contributed by atoms with Gasteiger partial charge in [0.1, 0.15) is 0 Å². The van der Waals surface area contributed by atoms with Crippen LogP contribution in [-0.2, 0) is 14.6 Å². The fraction of sp³-hybridized carbons (Fsp3) is 1.00. The van der Waals surface area contributed by atoms with Gasteiger partial charge in [-0.3, -0.25) is 0 Å². The zero-order chi connectivity index (χ0) is 9.53. The van der Waals surface area contributed by atoms with Gasteiger partial charge in [-0.25, -0.2) is 8.42 Å². The lowest BCUT2D eigenvalue weighted by Crippen LogP contribution is -2.51. The van der Waals surface area contributed by atoms with Crippen molar-refractivity contribution in [3.63, 3.8) is 0 Å². The van der Waals surface area contributed by atoms with Gasteiger partial charge in [0.25, 0.3) is 0 Å². The normalized spacial score (nSPS) is 36.5. The first-order valence-electron chi connectivity index (χ1n) is 4.64. The summed E-state index contributed by atoms with van der Waals surface area (Å²) in [6, 6.07) is -0.179. The first kappa shape index (κ1) is 9.43. The summed E-state index contributed by atoms with van der Waals surface area (Å²) in [5.74, 6) is 0.258. The molecule has 1 atom stereocenters. The van der Waals surface area contributed by atoms with E-state index in [1.165, 1.54) is 0 Å². The van der Waals surface area contributed by atoms with Crippen LogP contribution in [-0.4, -0.2) is 38.2 Å². The zero-order valence-electron chi connectivity index (χ0n) is 7.53. The van der Waals surface area contributed by atoms with Crippen LogP contribution in [0.5, 0.6) is 0 Å². The lowest BCUT2D eigenvalue weighted by Gasteiger charge is -2.35. The van der Waals surface area contributed by atoms with E-state index in [2.05, 4.69) is 0 Å². The van der Waals surface area contributed by atoms with Crippen LogP contribution in [0.2, 0.25) is 0 Å². The summed E-state index contributed by atoms with van der Waals surface area (Å²) in [5.41, 5.74) is 5.89. The molecule has 0 aromatic carbocycles. The highest BCUT2D eigenvalue weighted by Crippen LogP contribution is 2.39. The smallest absolute Gasteiger partial charge is 0.157 e. The van der Waals surface area contributed by atoms with Gasteiger partial charge in [-0.05, 0) is 19.3 Å². The molecule has 2 saturated heterocycles. The first-order chi connectivity index (χ1) is 6.08. The molecule has 0 bridgehead atoms. The van der Waals surface area contributed by atoms with Gasteiger partial charge in [-0.1, -0.05) is 0 Å². The quantitative estimate of drug-likeness (QED) is 0.588. The molecule has 0 aromatic heterocycles. The average Bonchev–Trinajstić information content (AvgIpc) is 2.33. The fourth-order valence-corrected chi connectivity index (χ4v) is 4.72. The van der Waals surface area contributed by atoms with Crippen molar-refractivity contribution in [1.29, 1.82) is 0 Å². The van der Waals surface area contributed by atoms with Gasteiger partial charge in [0, 0.05) is 19.3 Å². The van der Waals surface area contributed by atoms with Crippen LogP contribution in [0.25, 0.3) is 0 Å². The Kier molecular flexibility index (Phi) is 2.13. The van der Waals surface area contributed by atoms with Crippen LogP contribution in [0.3, 0.4) is 0 Å². The van der Waals surface area contributed by atoms with Crippen LogP contribution in [0.4, 0.5) is 0 Å². The lowest BCUT2D eigenvalue weighted by molar-refractivity contribution is 0.0701. The standard InChI is InChI=1S/C8H15NO3S/c9-7-1-6-13(10,11)8(7)2-4-12-5-3-8/h7H,1-6,9H2. The molecule has 1 unspecified atom stereocenters. The number of hydrogen-bond acceptors (Lipinski definition) is 4. The lowest BCUT2D eigenvalue weighted by atomic mass is 9.90. The van der Waals surface area contributed by atoms with Crippen molar-refractivity contribution in [2.24, 2.45) is 5.73 Å². The highest BCUT2D eigenvalue weighted by atomic mass is 32.2. The Balaban J connectivity index is 2.36. The highest BCUT2D eigenvalue weighted by Gasteiger charge is 2.53. The molecule has 2 heterocycles. The molecular formula is C8H15NO3S. The van der Waals surface area contributed by atoms with Gasteiger partial charge in [-0.2, -0.15) is 0 Å². The summed E-state index contributed by atoms with van der Waals surface area (Å²) < 4.78 is 28.2. The van der Waals surface area contributed by atoms with Crippen LogP contribution in [0.15, 0.2) is 0 Å². The summed E-state index contributed by atoms with van der Waals surface area (Å²) >= 11 is 0. The number of hydrogen-bond donors (Lipinski definition) is 1. The van der Waals surface area contributed by atoms with Gasteiger partial charge in [0.05, 0.1) is 10.5 Å². The highest BCUT2D eigenvalue weighted by molar-refractivity contribution is 7.93. The van der Waals surface area contributed by atoms with Crippen molar-refractivity contribution in [3.05, 3.63) is 0 Å². The van der Waals surface area contributed by atoms with Crippen molar-refractivity contribution in [2.45, 2.75) is 30.1 Å². The molecule has 2 rings (SSSR count). The third-order valence-corrected chi connectivity index (χ3v) is 6.05. The maximum absolute atomic E-state index is 11.8. The molecule has 5 heteroatoms. The maximum atomic E-state index is 11.8. The zero-order valence-corrected chi connectivity index (χ0v) is 8.35. The van der Waals surface area contributed by atoms with Crippen molar-refractivity contribution >= 4 is 9.84 Å². The molecule has 13 heavy (non-hydrogen) atoms. The number of sulfone groups is 1. The molecular weight excluding hydrogens is 190 g/mol. The van der Waals surface area contributed by atoms with Gasteiger partial charge in [0.15, 0.2) is 9.84 Å². The molecule has 2 fully saturated rings. The maximum Gasteiger partial charge on any atom is 0.157 e. The van der Waals surface area contributed by atoms with E-state index >= 15 is 0 Å². The van der Waals surface area contributed by atoms with Gasteiger partial charge < -0.3 is 10.5 Å². The van der Waals surface area contributed by atoms with E-state index in [1.807, 2.05) is 0 Å². The molecule has 2 aliphatic heterocycles. The number of nitrogens with two attached hydrogens (primary N) is 1. The summed E-state index contributed by atoms with van der Waals surface area (Å²) in [5, 5.41) is 0. The Bertz CT molecular complexity index is 293. The third kappa shape index (κ3) is 1.21. The van der Waals surface area contributed by atoms with Crippen LogP contribution < -0.4 is 5.73 Å². The minimum Gasteiger partial charge on any atom is -0.381 e. The summed E-state index contributed by atoms with van der Waals surface area (Å²) in [7, 11) is -2.96. The molecule has 4 nitrogen and oxygen atoms in total. The Hall–Kier alpha value is -0.130. The van der Waals surface area contributed by atoms with Crippen molar-refractivity contribution < 1.29 is 13.2 Å². The Morgan fingerprint density at radius 1 is 1.31 bits per heavy atom. The minimum atomic E-state index is -2.96. The van der Waals surface area contributed by atoms with Crippen LogP contribution in [0, 0.1) is 0 Å². The number of rotatable bonds is 0. The second-order valence-corrected chi connectivity index (χ2v) is 6.34. The number of ether oxygens (including phenoxy) is 1. The molecule has 0 aliphatic carbocycles. The third-order valence-electron chi connectivity index (χ3n) is 3.33. The minimum absolute atomic E-state index is 0.179. The van der Waals surface area contributed by atoms with Crippen molar-refractivity contribution in [3.8, 4) is 0 Å². The van der Waals surface area contributed by atoms with Crippen molar-refractivity contribution in [1.82, 2.24) is 0 Å². The van der Waals surface area contributed by atoms with E-state index in [0.717, 1.165) is 0 Å². The molecule has 76 valence electrons. The molecule has 2 aliphatic rings. The van der Waals surface area contributed by atoms with Gasteiger partial charge in [0.2, 0.25) is 0 Å². The molecule has 0 aromatic rings. The van der Waals surface area contributed by atoms with Crippen molar-refractivity contribution in [2.75, 3.05) is 19.0 Å². The molecule has 1 spiro atoms. The Morgan fingerprint density at radius 2 is 1.92 bits per heavy atom. The van der Waals surface area contributed by atoms with Crippen LogP contribution in [0.1, 0.15) is 19.3 Å². The topological polar surface area (TPSA) is 69.4 Å². The summed E-state index contributed by atoms with van der Waals surface area (Å²) in [6.45, 7) is 1.07. The van der Waals surface area contributed by atoms with Crippen LogP contribution >= 0.6 is 0 Å². The molecule has 0 amide bonds. The van der Waals surface area contributed by atoms with Gasteiger partial charge in [-0.15, -0.1) is 0 Å². The fourth-order valence-electron chi connectivity index (χ4n) is 2.38. The van der Waals surface area contributed by atoms with E-state index in [9.17, 15) is 8.42 Å². The SMILES string of the molecule is NC1CCS(=O)(=O)C12CCOCC2. The monoisotopic (exact) mass is 205 g/mol. The predicted octanol–water partition coefficient (Wildman–Crippen LogP) is -0.319. The average molecular weight is 205 g/mol. The second kappa shape index (κ2) is 2.93. The Labute approximate surface area is 78.4 Å². The Morgan fingerprint density at radius 3 is 2.38 bits per heavy atom. The molecule has 0 radical (unpaired) electrons. The van der Waals surface area contributed by atoms with Gasteiger partial charge >= 0.3 is 0 Å². The summed E-state index contributed by atoms with van der Waals surface area (Å²) in [4.78, 5) is 0. The molecule has 2 N–H and O–H groups in total. The van der Waals surface area contributed by atoms with E-state index < -0.39 is 14.6 Å². The van der Waals surface area contributed by atoms with E-state index in [4.69, 9.17) is 10.5 Å².